The third kappa shape index (κ3) is 3.26. The standard InChI is InChI=1S/C11H10N4O4S/c1-6-3-12-8(4-15(6)19)10(18)14-11-13-7(5-20-11)2-9(16)17/h3-5H,2H2,1H3,(H,16,17)(H,13,14,18). The number of anilines is 1. The van der Waals surface area contributed by atoms with Gasteiger partial charge in [-0.2, -0.15) is 4.73 Å². The van der Waals surface area contributed by atoms with Crippen LogP contribution in [0.1, 0.15) is 21.9 Å². The van der Waals surface area contributed by atoms with Gasteiger partial charge in [0.05, 0.1) is 18.3 Å². The Hall–Kier alpha value is -2.55. The molecule has 2 aromatic heterocycles. The molecule has 1 amide bonds. The summed E-state index contributed by atoms with van der Waals surface area (Å²) >= 11 is 1.10. The first-order valence-corrected chi connectivity index (χ1v) is 6.37. The average Bonchev–Trinajstić information content (AvgIpc) is 2.79. The Bertz CT molecular complexity index is 670. The van der Waals surface area contributed by atoms with Crippen molar-refractivity contribution in [3.8, 4) is 0 Å². The summed E-state index contributed by atoms with van der Waals surface area (Å²) in [5, 5.41) is 24.2. The van der Waals surface area contributed by atoms with Crippen LogP contribution in [0.25, 0.3) is 0 Å². The quantitative estimate of drug-likeness (QED) is 0.620. The van der Waals surface area contributed by atoms with E-state index in [1.165, 1.54) is 6.20 Å². The fourth-order valence-corrected chi connectivity index (χ4v) is 2.05. The SMILES string of the molecule is Cc1cnc(C(=O)Nc2nc(CC(=O)O)cs2)c[n+]1[O-]. The van der Waals surface area contributed by atoms with Crippen molar-refractivity contribution in [2.75, 3.05) is 5.32 Å². The first-order valence-electron chi connectivity index (χ1n) is 5.49. The summed E-state index contributed by atoms with van der Waals surface area (Å²) in [5.41, 5.74) is 0.689. The molecule has 2 N–H and O–H groups in total. The summed E-state index contributed by atoms with van der Waals surface area (Å²) in [6.07, 6.45) is 2.14. The highest BCUT2D eigenvalue weighted by atomic mass is 32.1. The van der Waals surface area contributed by atoms with Gasteiger partial charge in [-0.25, -0.2) is 9.97 Å². The van der Waals surface area contributed by atoms with E-state index in [1.807, 2.05) is 0 Å². The number of carbonyl (C=O) groups is 2. The van der Waals surface area contributed by atoms with Crippen molar-refractivity contribution in [3.05, 3.63) is 40.1 Å². The Morgan fingerprint density at radius 1 is 1.55 bits per heavy atom. The lowest BCUT2D eigenvalue weighted by Crippen LogP contribution is -2.32. The molecule has 0 bridgehead atoms. The molecule has 0 aromatic carbocycles. The van der Waals surface area contributed by atoms with E-state index in [2.05, 4.69) is 15.3 Å². The summed E-state index contributed by atoms with van der Waals surface area (Å²) in [5.74, 6) is -1.58. The highest BCUT2D eigenvalue weighted by Gasteiger charge is 2.15. The van der Waals surface area contributed by atoms with Gasteiger partial charge in [-0.3, -0.25) is 14.9 Å². The van der Waals surface area contributed by atoms with Crippen LogP contribution in [0.5, 0.6) is 0 Å². The normalized spacial score (nSPS) is 10.2. The van der Waals surface area contributed by atoms with Crippen LogP contribution >= 0.6 is 11.3 Å². The molecular formula is C11H10N4O4S. The minimum atomic E-state index is -0.999. The third-order valence-electron chi connectivity index (χ3n) is 2.31. The van der Waals surface area contributed by atoms with Crippen molar-refractivity contribution in [3.63, 3.8) is 0 Å². The zero-order valence-electron chi connectivity index (χ0n) is 10.4. The highest BCUT2D eigenvalue weighted by Crippen LogP contribution is 2.16. The maximum absolute atomic E-state index is 11.8. The fourth-order valence-electron chi connectivity index (χ4n) is 1.35. The first-order chi connectivity index (χ1) is 9.45. The molecule has 20 heavy (non-hydrogen) atoms. The first kappa shape index (κ1) is 13.9. The van der Waals surface area contributed by atoms with Gasteiger partial charge < -0.3 is 10.3 Å². The maximum Gasteiger partial charge on any atom is 0.309 e. The van der Waals surface area contributed by atoms with Crippen molar-refractivity contribution in [1.82, 2.24) is 9.97 Å². The third-order valence-corrected chi connectivity index (χ3v) is 3.12. The molecular weight excluding hydrogens is 284 g/mol. The van der Waals surface area contributed by atoms with E-state index in [-0.39, 0.29) is 17.2 Å². The largest absolute Gasteiger partial charge is 0.618 e. The predicted molar refractivity (Wildman–Crippen MR) is 69.3 cm³/mol. The second kappa shape index (κ2) is 5.61. The number of hydrogen-bond acceptors (Lipinski definition) is 6. The smallest absolute Gasteiger partial charge is 0.309 e. The van der Waals surface area contributed by atoms with Crippen LogP contribution in [0.4, 0.5) is 5.13 Å². The summed E-state index contributed by atoms with van der Waals surface area (Å²) in [6.45, 7) is 1.57. The number of carboxylic acids is 1. The number of thiazole rings is 1. The van der Waals surface area contributed by atoms with Gasteiger partial charge in [0.2, 0.25) is 11.9 Å². The van der Waals surface area contributed by atoms with Crippen molar-refractivity contribution >= 4 is 28.3 Å². The topological polar surface area (TPSA) is 119 Å². The van der Waals surface area contributed by atoms with Gasteiger partial charge in [0, 0.05) is 12.3 Å². The lowest BCUT2D eigenvalue weighted by molar-refractivity contribution is -0.613. The molecule has 0 atom stereocenters. The highest BCUT2D eigenvalue weighted by molar-refractivity contribution is 7.14. The van der Waals surface area contributed by atoms with Gasteiger partial charge in [0.25, 0.3) is 5.91 Å². The zero-order valence-corrected chi connectivity index (χ0v) is 11.2. The molecule has 0 aliphatic carbocycles. The summed E-state index contributed by atoms with van der Waals surface area (Å²) in [6, 6.07) is 0. The average molecular weight is 294 g/mol. The molecule has 8 nitrogen and oxygen atoms in total. The van der Waals surface area contributed by atoms with Crippen LogP contribution in [0, 0.1) is 12.1 Å². The van der Waals surface area contributed by atoms with Crippen LogP contribution < -0.4 is 10.0 Å². The molecule has 9 heteroatoms. The number of carboxylic acid groups (broad SMARTS) is 1. The van der Waals surface area contributed by atoms with E-state index in [4.69, 9.17) is 5.11 Å². The number of aliphatic carboxylic acids is 1. The molecule has 0 unspecified atom stereocenters. The Morgan fingerprint density at radius 2 is 2.30 bits per heavy atom. The monoisotopic (exact) mass is 294 g/mol. The number of nitrogens with zero attached hydrogens (tertiary/aromatic N) is 3. The van der Waals surface area contributed by atoms with Crippen LogP contribution in [0.15, 0.2) is 17.8 Å². The molecule has 0 aliphatic rings. The summed E-state index contributed by atoms with van der Waals surface area (Å²) in [4.78, 5) is 30.1. The lowest BCUT2D eigenvalue weighted by Gasteiger charge is -2.02. The number of amides is 1. The number of aryl methyl sites for hydroxylation is 1. The van der Waals surface area contributed by atoms with Crippen molar-refractivity contribution in [1.29, 1.82) is 0 Å². The van der Waals surface area contributed by atoms with Gasteiger partial charge in [-0.1, -0.05) is 0 Å². The molecule has 2 heterocycles. The van der Waals surface area contributed by atoms with E-state index < -0.39 is 11.9 Å². The molecule has 0 fully saturated rings. The van der Waals surface area contributed by atoms with E-state index in [1.54, 1.807) is 12.3 Å². The molecule has 0 saturated carbocycles. The number of hydrogen-bond donors (Lipinski definition) is 2. The second-order valence-corrected chi connectivity index (χ2v) is 4.77. The van der Waals surface area contributed by atoms with Gasteiger partial charge in [-0.05, 0) is 0 Å². The molecule has 2 aromatic rings. The van der Waals surface area contributed by atoms with E-state index >= 15 is 0 Å². The zero-order chi connectivity index (χ0) is 14.7. The Morgan fingerprint density at radius 3 is 2.95 bits per heavy atom. The molecule has 0 saturated heterocycles. The molecule has 0 aliphatic heterocycles. The Kier molecular flexibility index (Phi) is 3.89. The van der Waals surface area contributed by atoms with Crippen molar-refractivity contribution in [2.24, 2.45) is 0 Å². The number of aromatic nitrogens is 3. The van der Waals surface area contributed by atoms with E-state index in [0.29, 0.717) is 16.1 Å². The predicted octanol–water partition coefficient (Wildman–Crippen LogP) is 0.359. The Labute approximate surface area is 117 Å². The molecule has 2 rings (SSSR count). The van der Waals surface area contributed by atoms with Crippen molar-refractivity contribution in [2.45, 2.75) is 13.3 Å². The minimum absolute atomic E-state index is 0.0411. The van der Waals surface area contributed by atoms with Gasteiger partial charge in [0.1, 0.15) is 0 Å². The van der Waals surface area contributed by atoms with Crippen molar-refractivity contribution < 1.29 is 19.4 Å². The van der Waals surface area contributed by atoms with E-state index in [9.17, 15) is 14.8 Å². The lowest BCUT2D eigenvalue weighted by atomic mass is 10.3. The summed E-state index contributed by atoms with van der Waals surface area (Å²) in [7, 11) is 0. The Balaban J connectivity index is 2.09. The van der Waals surface area contributed by atoms with Gasteiger partial charge in [-0.15, -0.1) is 11.3 Å². The van der Waals surface area contributed by atoms with Crippen LogP contribution in [-0.2, 0) is 11.2 Å². The number of nitrogens with one attached hydrogen (secondary N) is 1. The molecule has 104 valence electrons. The minimum Gasteiger partial charge on any atom is -0.618 e. The summed E-state index contributed by atoms with van der Waals surface area (Å²) < 4.78 is 0.541. The second-order valence-electron chi connectivity index (χ2n) is 3.91. The van der Waals surface area contributed by atoms with Crippen LogP contribution in [-0.4, -0.2) is 27.0 Å². The van der Waals surface area contributed by atoms with Gasteiger partial charge >= 0.3 is 5.97 Å². The fraction of sp³-hybridized carbons (Fsp3) is 0.182. The van der Waals surface area contributed by atoms with Crippen LogP contribution in [0.2, 0.25) is 0 Å². The number of carbonyl (C=O) groups excluding carboxylic acids is 1. The van der Waals surface area contributed by atoms with E-state index in [0.717, 1.165) is 17.5 Å². The van der Waals surface area contributed by atoms with Gasteiger partial charge in [0.15, 0.2) is 10.8 Å². The molecule has 0 spiro atoms. The number of rotatable bonds is 4. The molecule has 0 radical (unpaired) electrons. The maximum atomic E-state index is 11.8. The van der Waals surface area contributed by atoms with Crippen LogP contribution in [0.3, 0.4) is 0 Å².